The van der Waals surface area contributed by atoms with Crippen LogP contribution >= 0.6 is 0 Å². The first-order valence-electron chi connectivity index (χ1n) is 8.84. The average Bonchev–Trinajstić information content (AvgIpc) is 2.89. The van der Waals surface area contributed by atoms with E-state index in [1.54, 1.807) is 43.4 Å². The van der Waals surface area contributed by atoms with E-state index in [-0.39, 0.29) is 5.69 Å². The number of aromatic nitrogens is 3. The van der Waals surface area contributed by atoms with E-state index < -0.39 is 4.92 Å². The van der Waals surface area contributed by atoms with Crippen molar-refractivity contribution in [1.29, 1.82) is 0 Å². The van der Waals surface area contributed by atoms with Gasteiger partial charge in [-0.2, -0.15) is 0 Å². The van der Waals surface area contributed by atoms with Crippen LogP contribution in [0.4, 0.5) is 28.8 Å². The topological polar surface area (TPSA) is 93.5 Å². The molecule has 148 valence electrons. The van der Waals surface area contributed by atoms with Gasteiger partial charge in [0.25, 0.3) is 5.69 Å². The summed E-state index contributed by atoms with van der Waals surface area (Å²) in [5.41, 5.74) is 4.38. The molecular formula is C20H21N7O2. The van der Waals surface area contributed by atoms with E-state index in [0.717, 1.165) is 16.8 Å². The van der Waals surface area contributed by atoms with E-state index in [4.69, 9.17) is 6.57 Å². The second kappa shape index (κ2) is 7.59. The Morgan fingerprint density at radius 1 is 1.28 bits per heavy atom. The quantitative estimate of drug-likeness (QED) is 0.394. The molecule has 9 nitrogen and oxygen atoms in total. The predicted octanol–water partition coefficient (Wildman–Crippen LogP) is 4.37. The van der Waals surface area contributed by atoms with Crippen LogP contribution < -0.4 is 10.2 Å². The summed E-state index contributed by atoms with van der Waals surface area (Å²) >= 11 is 0. The van der Waals surface area contributed by atoms with Crippen LogP contribution in [0.25, 0.3) is 16.1 Å². The van der Waals surface area contributed by atoms with Crippen molar-refractivity contribution in [2.24, 2.45) is 7.05 Å². The molecule has 0 atom stereocenters. The zero-order valence-electron chi connectivity index (χ0n) is 16.9. The largest absolute Gasteiger partial charge is 0.372 e. The van der Waals surface area contributed by atoms with Crippen LogP contribution in [0.5, 0.6) is 0 Å². The molecule has 3 aromatic rings. The molecule has 0 saturated carbocycles. The third kappa shape index (κ3) is 3.60. The van der Waals surface area contributed by atoms with Gasteiger partial charge < -0.3 is 15.1 Å². The molecule has 0 spiro atoms. The monoisotopic (exact) mass is 391 g/mol. The van der Waals surface area contributed by atoms with Gasteiger partial charge in [0.2, 0.25) is 11.8 Å². The third-order valence-electron chi connectivity index (χ3n) is 4.82. The number of rotatable bonds is 5. The van der Waals surface area contributed by atoms with Crippen LogP contribution in [0, 0.1) is 30.5 Å². The molecule has 0 radical (unpaired) electrons. The van der Waals surface area contributed by atoms with Crippen molar-refractivity contribution in [1.82, 2.24) is 14.5 Å². The smallest absolute Gasteiger partial charge is 0.294 e. The molecule has 29 heavy (non-hydrogen) atoms. The molecule has 2 aromatic heterocycles. The van der Waals surface area contributed by atoms with Gasteiger partial charge in [-0.25, -0.2) is 9.97 Å². The van der Waals surface area contributed by atoms with Crippen LogP contribution in [-0.4, -0.2) is 33.6 Å². The predicted molar refractivity (Wildman–Crippen MR) is 113 cm³/mol. The first-order chi connectivity index (χ1) is 13.7. The summed E-state index contributed by atoms with van der Waals surface area (Å²) in [5.74, 6) is 0.891. The Morgan fingerprint density at radius 3 is 2.59 bits per heavy atom. The van der Waals surface area contributed by atoms with Gasteiger partial charge in [0, 0.05) is 37.6 Å². The molecule has 0 fully saturated rings. The Labute approximate surface area is 168 Å². The van der Waals surface area contributed by atoms with Crippen LogP contribution in [0.2, 0.25) is 0 Å². The third-order valence-corrected chi connectivity index (χ3v) is 4.82. The van der Waals surface area contributed by atoms with E-state index in [0.29, 0.717) is 28.8 Å². The molecular weight excluding hydrogens is 370 g/mol. The fourth-order valence-corrected chi connectivity index (χ4v) is 3.31. The molecule has 0 amide bonds. The summed E-state index contributed by atoms with van der Waals surface area (Å²) in [6.45, 7) is 11.2. The summed E-state index contributed by atoms with van der Waals surface area (Å²) in [7, 11) is 5.36. The Hall–Kier alpha value is -3.93. The normalized spacial score (nSPS) is 10.5. The van der Waals surface area contributed by atoms with Crippen molar-refractivity contribution >= 4 is 28.8 Å². The number of anilines is 3. The molecule has 1 N–H and O–H groups in total. The highest BCUT2D eigenvalue weighted by Crippen LogP contribution is 2.35. The number of hydrogen-bond donors (Lipinski definition) is 1. The first-order valence-corrected chi connectivity index (χ1v) is 8.84. The van der Waals surface area contributed by atoms with Crippen molar-refractivity contribution in [3.63, 3.8) is 0 Å². The Bertz CT molecular complexity index is 1140. The minimum atomic E-state index is -0.416. The van der Waals surface area contributed by atoms with Gasteiger partial charge in [-0.05, 0) is 37.6 Å². The lowest BCUT2D eigenvalue weighted by Gasteiger charge is -2.14. The lowest BCUT2D eigenvalue weighted by atomic mass is 10.1. The van der Waals surface area contributed by atoms with Gasteiger partial charge in [-0.3, -0.25) is 14.7 Å². The lowest BCUT2D eigenvalue weighted by molar-refractivity contribution is -0.384. The summed E-state index contributed by atoms with van der Waals surface area (Å²) in [6.07, 6.45) is 1.62. The van der Waals surface area contributed by atoms with Crippen LogP contribution in [0.15, 0.2) is 30.5 Å². The lowest BCUT2D eigenvalue weighted by Crippen LogP contribution is -2.11. The zero-order chi connectivity index (χ0) is 21.3. The number of nitro benzene ring substituents is 1. The van der Waals surface area contributed by atoms with Gasteiger partial charge in [0.15, 0.2) is 0 Å². The van der Waals surface area contributed by atoms with E-state index in [2.05, 4.69) is 20.1 Å². The van der Waals surface area contributed by atoms with Crippen molar-refractivity contribution in [2.45, 2.75) is 13.8 Å². The maximum atomic E-state index is 11.4. The van der Waals surface area contributed by atoms with E-state index >= 15 is 0 Å². The summed E-state index contributed by atoms with van der Waals surface area (Å²) in [5, 5.41) is 14.4. The maximum absolute atomic E-state index is 11.4. The molecule has 2 heterocycles. The summed E-state index contributed by atoms with van der Waals surface area (Å²) in [4.78, 5) is 25.1. The number of benzene rings is 1. The van der Waals surface area contributed by atoms with Crippen LogP contribution in [0.3, 0.4) is 0 Å². The molecule has 1 aromatic carbocycles. The average molecular weight is 391 g/mol. The second-order valence-electron chi connectivity index (χ2n) is 6.83. The van der Waals surface area contributed by atoms with E-state index in [1.807, 2.05) is 25.5 Å². The van der Waals surface area contributed by atoms with Gasteiger partial charge in [0.05, 0.1) is 23.4 Å². The fourth-order valence-electron chi connectivity index (χ4n) is 3.31. The SMILES string of the molecule is [C-]#[N+]c1c(C)c(-c2ccnc(Nc3ccc(N(C)C)c([N+](=O)[O-])c3)n2)c(C)n1C. The van der Waals surface area contributed by atoms with Gasteiger partial charge in [-0.1, -0.05) is 6.57 Å². The molecule has 0 aliphatic carbocycles. The highest BCUT2D eigenvalue weighted by atomic mass is 16.6. The fraction of sp³-hybridized carbons (Fsp3) is 0.250. The molecule has 0 saturated heterocycles. The van der Waals surface area contributed by atoms with Crippen LogP contribution in [-0.2, 0) is 7.05 Å². The minimum absolute atomic E-state index is 0.00685. The van der Waals surface area contributed by atoms with Gasteiger partial charge in [0.1, 0.15) is 5.69 Å². The highest BCUT2D eigenvalue weighted by Gasteiger charge is 2.20. The molecule has 0 aliphatic rings. The van der Waals surface area contributed by atoms with Crippen molar-refractivity contribution in [3.8, 4) is 11.3 Å². The maximum Gasteiger partial charge on any atom is 0.294 e. The van der Waals surface area contributed by atoms with E-state index in [9.17, 15) is 10.1 Å². The number of hydrogen-bond acceptors (Lipinski definition) is 6. The van der Waals surface area contributed by atoms with Gasteiger partial charge in [-0.15, -0.1) is 0 Å². The number of nitrogens with zero attached hydrogens (tertiary/aromatic N) is 6. The first kappa shape index (κ1) is 19.8. The summed E-state index contributed by atoms with van der Waals surface area (Å²) < 4.78 is 1.84. The van der Waals surface area contributed by atoms with Crippen LogP contribution in [0.1, 0.15) is 11.3 Å². The second-order valence-corrected chi connectivity index (χ2v) is 6.83. The van der Waals surface area contributed by atoms with Crippen molar-refractivity contribution in [3.05, 3.63) is 63.3 Å². The Morgan fingerprint density at radius 2 is 2.00 bits per heavy atom. The highest BCUT2D eigenvalue weighted by molar-refractivity contribution is 5.75. The Kier molecular flexibility index (Phi) is 5.19. The number of nitrogens with one attached hydrogen (secondary N) is 1. The molecule has 0 aliphatic heterocycles. The Balaban J connectivity index is 2.00. The van der Waals surface area contributed by atoms with Gasteiger partial charge >= 0.3 is 0 Å². The standard InChI is InChI=1S/C20H21N7O2/c1-12-18(13(2)26(6)19(12)21-3)15-9-10-22-20(24-15)23-14-7-8-16(25(4)5)17(11-14)27(28)29/h7-11H,1-2,4-6H3,(H,22,23,24). The van der Waals surface area contributed by atoms with Crippen molar-refractivity contribution in [2.75, 3.05) is 24.3 Å². The summed E-state index contributed by atoms with van der Waals surface area (Å²) in [6, 6.07) is 6.67. The zero-order valence-corrected chi connectivity index (χ0v) is 16.9. The molecule has 0 bridgehead atoms. The molecule has 0 unspecified atom stereocenters. The van der Waals surface area contributed by atoms with E-state index in [1.165, 1.54) is 6.07 Å². The van der Waals surface area contributed by atoms with Crippen molar-refractivity contribution < 1.29 is 4.92 Å². The molecule has 3 rings (SSSR count). The number of nitro groups is 1. The molecule has 9 heteroatoms. The minimum Gasteiger partial charge on any atom is -0.372 e.